The monoisotopic (exact) mass is 366 g/mol. The fraction of sp³-hybridized carbons (Fsp3) is 0.286. The van der Waals surface area contributed by atoms with Gasteiger partial charge in [0.25, 0.3) is 0 Å². The van der Waals surface area contributed by atoms with Crippen molar-refractivity contribution in [3.8, 4) is 0 Å². The van der Waals surface area contributed by atoms with Crippen molar-refractivity contribution in [2.75, 3.05) is 16.8 Å². The summed E-state index contributed by atoms with van der Waals surface area (Å²) in [4.78, 5) is 37.2. The van der Waals surface area contributed by atoms with E-state index in [-0.39, 0.29) is 24.7 Å². The highest BCUT2D eigenvalue weighted by Crippen LogP contribution is 2.26. The quantitative estimate of drug-likeness (QED) is 0.823. The first-order chi connectivity index (χ1) is 13.0. The van der Waals surface area contributed by atoms with E-state index in [9.17, 15) is 14.4 Å². The molecule has 0 aliphatic carbocycles. The summed E-state index contributed by atoms with van der Waals surface area (Å²) in [6, 6.07) is 14.5. The Morgan fingerprint density at radius 1 is 1.07 bits per heavy atom. The van der Waals surface area contributed by atoms with Crippen LogP contribution in [0.25, 0.3) is 0 Å². The molecule has 0 radical (unpaired) electrons. The number of hydrogen-bond acceptors (Lipinski definition) is 3. The first-order valence-electron chi connectivity index (χ1n) is 8.97. The van der Waals surface area contributed by atoms with E-state index in [2.05, 4.69) is 12.2 Å². The topological polar surface area (TPSA) is 86.7 Å². The number of rotatable bonds is 6. The summed E-state index contributed by atoms with van der Waals surface area (Å²) >= 11 is 0. The Morgan fingerprint density at radius 2 is 1.70 bits per heavy atom. The van der Waals surface area contributed by atoms with Crippen LogP contribution in [-0.4, -0.2) is 29.4 Å². The summed E-state index contributed by atoms with van der Waals surface area (Å²) in [5.41, 5.74) is 3.27. The van der Waals surface area contributed by atoms with Crippen molar-refractivity contribution < 1.29 is 19.5 Å². The van der Waals surface area contributed by atoms with Gasteiger partial charge in [0.2, 0.25) is 11.8 Å². The molecule has 1 saturated heterocycles. The first kappa shape index (κ1) is 18.6. The molecule has 0 aromatic heterocycles. The van der Waals surface area contributed by atoms with Crippen LogP contribution in [0.2, 0.25) is 0 Å². The number of anilines is 2. The van der Waals surface area contributed by atoms with Crippen LogP contribution >= 0.6 is 0 Å². The standard InChI is InChI=1S/C21H22N2O4/c1-2-14-5-9-18(10-6-14)23-13-16(12-19(23)24)21(27)22-17-7-3-15(4-8-17)11-20(25)26/h3-10,16H,2,11-13H2,1H3,(H,22,27)(H,25,26). The van der Waals surface area contributed by atoms with Crippen LogP contribution in [-0.2, 0) is 27.2 Å². The zero-order valence-electron chi connectivity index (χ0n) is 15.1. The third-order valence-electron chi connectivity index (χ3n) is 4.73. The van der Waals surface area contributed by atoms with E-state index < -0.39 is 11.9 Å². The van der Waals surface area contributed by atoms with Crippen molar-refractivity contribution in [3.63, 3.8) is 0 Å². The van der Waals surface area contributed by atoms with Crippen molar-refractivity contribution in [1.82, 2.24) is 0 Å². The molecule has 2 aromatic carbocycles. The number of carboxylic acid groups (broad SMARTS) is 1. The number of carbonyl (C=O) groups is 3. The molecular weight excluding hydrogens is 344 g/mol. The third kappa shape index (κ3) is 4.53. The van der Waals surface area contributed by atoms with Crippen molar-refractivity contribution >= 4 is 29.2 Å². The Morgan fingerprint density at radius 3 is 2.30 bits per heavy atom. The van der Waals surface area contributed by atoms with Gasteiger partial charge in [-0.25, -0.2) is 0 Å². The molecule has 1 aliphatic heterocycles. The van der Waals surface area contributed by atoms with Crippen LogP contribution in [0.5, 0.6) is 0 Å². The van der Waals surface area contributed by atoms with E-state index in [1.54, 1.807) is 29.2 Å². The molecule has 1 aliphatic rings. The van der Waals surface area contributed by atoms with Crippen LogP contribution in [0.3, 0.4) is 0 Å². The predicted molar refractivity (Wildman–Crippen MR) is 103 cm³/mol. The number of benzene rings is 2. The summed E-state index contributed by atoms with van der Waals surface area (Å²) in [5.74, 6) is -1.58. The average molecular weight is 366 g/mol. The number of nitrogens with one attached hydrogen (secondary N) is 1. The van der Waals surface area contributed by atoms with Gasteiger partial charge in [-0.05, 0) is 41.8 Å². The van der Waals surface area contributed by atoms with Crippen LogP contribution in [0.1, 0.15) is 24.5 Å². The second-order valence-electron chi connectivity index (χ2n) is 6.68. The smallest absolute Gasteiger partial charge is 0.307 e. The normalized spacial score (nSPS) is 16.4. The zero-order valence-corrected chi connectivity index (χ0v) is 15.1. The number of carboxylic acids is 1. The second kappa shape index (κ2) is 8.03. The average Bonchev–Trinajstić information content (AvgIpc) is 3.05. The molecule has 27 heavy (non-hydrogen) atoms. The molecule has 1 heterocycles. The van der Waals surface area contributed by atoms with Gasteiger partial charge in [-0.1, -0.05) is 31.2 Å². The van der Waals surface area contributed by atoms with Gasteiger partial charge in [0.15, 0.2) is 0 Å². The van der Waals surface area contributed by atoms with Crippen molar-refractivity contribution in [2.45, 2.75) is 26.2 Å². The fourth-order valence-corrected chi connectivity index (χ4v) is 3.17. The SMILES string of the molecule is CCc1ccc(N2CC(C(=O)Nc3ccc(CC(=O)O)cc3)CC2=O)cc1. The van der Waals surface area contributed by atoms with E-state index in [0.717, 1.165) is 12.1 Å². The largest absolute Gasteiger partial charge is 0.481 e. The van der Waals surface area contributed by atoms with Gasteiger partial charge in [-0.15, -0.1) is 0 Å². The summed E-state index contributed by atoms with van der Waals surface area (Å²) < 4.78 is 0. The Labute approximate surface area is 157 Å². The first-order valence-corrected chi connectivity index (χ1v) is 8.97. The highest BCUT2D eigenvalue weighted by molar-refractivity contribution is 6.03. The van der Waals surface area contributed by atoms with Gasteiger partial charge < -0.3 is 15.3 Å². The van der Waals surface area contributed by atoms with E-state index in [4.69, 9.17) is 5.11 Å². The highest BCUT2D eigenvalue weighted by Gasteiger charge is 2.35. The van der Waals surface area contributed by atoms with Crippen LogP contribution in [0.15, 0.2) is 48.5 Å². The summed E-state index contributed by atoms with van der Waals surface area (Å²) in [6.45, 7) is 2.43. The third-order valence-corrected chi connectivity index (χ3v) is 4.73. The maximum absolute atomic E-state index is 12.5. The number of aliphatic carboxylic acids is 1. The van der Waals surface area contributed by atoms with Gasteiger partial charge in [-0.2, -0.15) is 0 Å². The molecule has 6 heteroatoms. The molecule has 140 valence electrons. The summed E-state index contributed by atoms with van der Waals surface area (Å²) in [5, 5.41) is 11.6. The molecule has 6 nitrogen and oxygen atoms in total. The van der Waals surface area contributed by atoms with E-state index in [0.29, 0.717) is 17.8 Å². The summed E-state index contributed by atoms with van der Waals surface area (Å²) in [7, 11) is 0. The maximum atomic E-state index is 12.5. The number of amides is 2. The van der Waals surface area contributed by atoms with Gasteiger partial charge in [0.1, 0.15) is 0 Å². The van der Waals surface area contributed by atoms with Gasteiger partial charge >= 0.3 is 5.97 Å². The van der Waals surface area contributed by atoms with Gasteiger partial charge in [0.05, 0.1) is 12.3 Å². The van der Waals surface area contributed by atoms with Gasteiger partial charge in [-0.3, -0.25) is 14.4 Å². The van der Waals surface area contributed by atoms with E-state index >= 15 is 0 Å². The van der Waals surface area contributed by atoms with Crippen LogP contribution in [0.4, 0.5) is 11.4 Å². The number of aryl methyl sites for hydroxylation is 1. The van der Waals surface area contributed by atoms with Crippen molar-refractivity contribution in [3.05, 3.63) is 59.7 Å². The number of carbonyl (C=O) groups excluding carboxylic acids is 2. The molecule has 1 atom stereocenters. The van der Waals surface area contributed by atoms with Crippen molar-refractivity contribution in [2.24, 2.45) is 5.92 Å². The van der Waals surface area contributed by atoms with Gasteiger partial charge in [0, 0.05) is 24.3 Å². The molecule has 0 bridgehead atoms. The Balaban J connectivity index is 1.62. The minimum atomic E-state index is -0.900. The molecular formula is C21H22N2O4. The number of hydrogen-bond donors (Lipinski definition) is 2. The Kier molecular flexibility index (Phi) is 5.54. The lowest BCUT2D eigenvalue weighted by Crippen LogP contribution is -2.28. The molecule has 2 amide bonds. The minimum Gasteiger partial charge on any atom is -0.481 e. The molecule has 0 spiro atoms. The Bertz CT molecular complexity index is 843. The number of nitrogens with zero attached hydrogens (tertiary/aromatic N) is 1. The van der Waals surface area contributed by atoms with Crippen LogP contribution < -0.4 is 10.2 Å². The molecule has 2 aromatic rings. The lowest BCUT2D eigenvalue weighted by molar-refractivity contribution is -0.136. The fourth-order valence-electron chi connectivity index (χ4n) is 3.17. The van der Waals surface area contributed by atoms with E-state index in [1.807, 2.05) is 24.3 Å². The molecule has 1 unspecified atom stereocenters. The second-order valence-corrected chi connectivity index (χ2v) is 6.68. The zero-order chi connectivity index (χ0) is 19.4. The Hall–Kier alpha value is -3.15. The van der Waals surface area contributed by atoms with Crippen LogP contribution in [0, 0.1) is 5.92 Å². The maximum Gasteiger partial charge on any atom is 0.307 e. The van der Waals surface area contributed by atoms with E-state index in [1.165, 1.54) is 5.56 Å². The predicted octanol–water partition coefficient (Wildman–Crippen LogP) is 2.87. The lowest BCUT2D eigenvalue weighted by atomic mass is 10.1. The summed E-state index contributed by atoms with van der Waals surface area (Å²) in [6.07, 6.45) is 1.06. The highest BCUT2D eigenvalue weighted by atomic mass is 16.4. The lowest BCUT2D eigenvalue weighted by Gasteiger charge is -2.17. The molecule has 0 saturated carbocycles. The molecule has 2 N–H and O–H groups in total. The molecule has 3 rings (SSSR count). The van der Waals surface area contributed by atoms with Crippen molar-refractivity contribution in [1.29, 1.82) is 0 Å². The minimum absolute atomic E-state index is 0.0584. The molecule has 1 fully saturated rings.